The highest BCUT2D eigenvalue weighted by Gasteiger charge is 2.10. The third kappa shape index (κ3) is 1.73. The van der Waals surface area contributed by atoms with Gasteiger partial charge >= 0.3 is 6.03 Å². The first kappa shape index (κ1) is 7.08. The van der Waals surface area contributed by atoms with Crippen molar-refractivity contribution in [1.82, 2.24) is 10.6 Å². The molecule has 0 fully saturated rings. The normalized spacial score (nSPS) is 22.7. The van der Waals surface area contributed by atoms with E-state index in [0.29, 0.717) is 6.61 Å². The smallest absolute Gasteiger partial charge is 0.316 e. The van der Waals surface area contributed by atoms with Crippen LogP contribution < -0.4 is 10.6 Å². The summed E-state index contributed by atoms with van der Waals surface area (Å²) in [5.74, 6) is 0. The number of hydrogen-bond acceptors (Lipinski definition) is 2. The number of hydrogen-bond donors (Lipinski definition) is 2. The van der Waals surface area contributed by atoms with E-state index in [9.17, 15) is 4.79 Å². The van der Waals surface area contributed by atoms with Crippen molar-refractivity contribution in [3.63, 3.8) is 0 Å². The molecule has 0 radical (unpaired) electrons. The lowest BCUT2D eigenvalue weighted by Gasteiger charge is -2.09. The molecule has 0 saturated heterocycles. The zero-order chi connectivity index (χ0) is 7.40. The van der Waals surface area contributed by atoms with Crippen molar-refractivity contribution >= 4 is 6.03 Å². The van der Waals surface area contributed by atoms with Crippen LogP contribution in [0.5, 0.6) is 0 Å². The molecule has 1 rings (SSSR count). The average Bonchev–Trinajstić information content (AvgIpc) is 2.40. The van der Waals surface area contributed by atoms with E-state index in [1.807, 2.05) is 6.08 Å². The summed E-state index contributed by atoms with van der Waals surface area (Å²) in [6.07, 6.45) is 3.41. The minimum Gasteiger partial charge on any atom is -0.351 e. The fourth-order valence-corrected chi connectivity index (χ4v) is 0.685. The van der Waals surface area contributed by atoms with E-state index in [1.165, 1.54) is 0 Å². The monoisotopic (exact) mass is 142 g/mol. The number of ether oxygens (including phenoxy) is 1. The number of urea groups is 1. The maximum absolute atomic E-state index is 10.6. The van der Waals surface area contributed by atoms with E-state index in [4.69, 9.17) is 4.74 Å². The van der Waals surface area contributed by atoms with Gasteiger partial charge in [-0.05, 0) is 6.08 Å². The largest absolute Gasteiger partial charge is 0.351 e. The highest BCUT2D eigenvalue weighted by Crippen LogP contribution is 1.97. The van der Waals surface area contributed by atoms with Gasteiger partial charge in [-0.3, -0.25) is 0 Å². The molecule has 0 aliphatic carbocycles. The third-order valence-corrected chi connectivity index (χ3v) is 1.18. The molecule has 1 aliphatic rings. The van der Waals surface area contributed by atoms with E-state index in [1.54, 1.807) is 13.1 Å². The molecule has 1 unspecified atom stereocenters. The van der Waals surface area contributed by atoms with Crippen LogP contribution in [-0.2, 0) is 4.74 Å². The summed E-state index contributed by atoms with van der Waals surface area (Å²) in [5.41, 5.74) is 0. The molecule has 4 heteroatoms. The second-order valence-corrected chi connectivity index (χ2v) is 1.91. The lowest BCUT2D eigenvalue weighted by atomic mass is 10.5. The average molecular weight is 142 g/mol. The molecule has 0 bridgehead atoms. The fourth-order valence-electron chi connectivity index (χ4n) is 0.685. The first-order valence-electron chi connectivity index (χ1n) is 3.09. The topological polar surface area (TPSA) is 50.4 Å². The minimum absolute atomic E-state index is 0.225. The maximum Gasteiger partial charge on any atom is 0.316 e. The first-order chi connectivity index (χ1) is 4.83. The SMILES string of the molecule is CNC(=O)NC1C=CCO1. The van der Waals surface area contributed by atoms with Crippen LogP contribution in [0.2, 0.25) is 0 Å². The van der Waals surface area contributed by atoms with Gasteiger partial charge in [-0.15, -0.1) is 0 Å². The van der Waals surface area contributed by atoms with Crippen LogP contribution >= 0.6 is 0 Å². The van der Waals surface area contributed by atoms with Crippen LogP contribution in [0.4, 0.5) is 4.79 Å². The Morgan fingerprint density at radius 3 is 3.10 bits per heavy atom. The van der Waals surface area contributed by atoms with E-state index < -0.39 is 0 Å². The number of nitrogens with one attached hydrogen (secondary N) is 2. The van der Waals surface area contributed by atoms with Crippen LogP contribution in [0.25, 0.3) is 0 Å². The molecule has 1 atom stereocenters. The van der Waals surface area contributed by atoms with Crippen LogP contribution in [0.1, 0.15) is 0 Å². The number of amides is 2. The Balaban J connectivity index is 2.24. The zero-order valence-electron chi connectivity index (χ0n) is 5.76. The molecule has 56 valence electrons. The van der Waals surface area contributed by atoms with Gasteiger partial charge in [0.1, 0.15) is 0 Å². The van der Waals surface area contributed by atoms with Crippen molar-refractivity contribution in [3.8, 4) is 0 Å². The molecular weight excluding hydrogens is 132 g/mol. The minimum atomic E-state index is -0.250. The zero-order valence-corrected chi connectivity index (χ0v) is 5.76. The van der Waals surface area contributed by atoms with E-state index in [-0.39, 0.29) is 12.3 Å². The Labute approximate surface area is 59.2 Å². The summed E-state index contributed by atoms with van der Waals surface area (Å²) in [7, 11) is 1.56. The lowest BCUT2D eigenvalue weighted by Crippen LogP contribution is -2.39. The Kier molecular flexibility index (Phi) is 2.28. The van der Waals surface area contributed by atoms with Crippen molar-refractivity contribution < 1.29 is 9.53 Å². The second-order valence-electron chi connectivity index (χ2n) is 1.91. The van der Waals surface area contributed by atoms with Gasteiger partial charge in [0, 0.05) is 7.05 Å². The maximum atomic E-state index is 10.6. The second kappa shape index (κ2) is 3.22. The highest BCUT2D eigenvalue weighted by atomic mass is 16.5. The fraction of sp³-hybridized carbons (Fsp3) is 0.500. The van der Waals surface area contributed by atoms with Gasteiger partial charge < -0.3 is 15.4 Å². The van der Waals surface area contributed by atoms with E-state index in [0.717, 1.165) is 0 Å². The summed E-state index contributed by atoms with van der Waals surface area (Å²) >= 11 is 0. The van der Waals surface area contributed by atoms with Crippen LogP contribution in [0.3, 0.4) is 0 Å². The summed E-state index contributed by atoms with van der Waals surface area (Å²) in [5, 5.41) is 5.00. The quantitative estimate of drug-likeness (QED) is 0.499. The molecule has 0 spiro atoms. The van der Waals surface area contributed by atoms with Gasteiger partial charge in [0.2, 0.25) is 0 Å². The Morgan fingerprint density at radius 2 is 2.60 bits per heavy atom. The molecule has 0 aromatic rings. The van der Waals surface area contributed by atoms with Crippen molar-refractivity contribution in [1.29, 1.82) is 0 Å². The van der Waals surface area contributed by atoms with Gasteiger partial charge in [0.25, 0.3) is 0 Å². The summed E-state index contributed by atoms with van der Waals surface area (Å²) in [6.45, 7) is 0.578. The van der Waals surface area contributed by atoms with E-state index >= 15 is 0 Å². The molecular formula is C6H10N2O2. The van der Waals surface area contributed by atoms with Crippen molar-refractivity contribution in [2.75, 3.05) is 13.7 Å². The first-order valence-corrected chi connectivity index (χ1v) is 3.09. The molecule has 1 heterocycles. The Hall–Kier alpha value is -1.03. The molecule has 0 aromatic carbocycles. The molecule has 10 heavy (non-hydrogen) atoms. The summed E-state index contributed by atoms with van der Waals surface area (Å²) < 4.78 is 5.04. The van der Waals surface area contributed by atoms with Gasteiger partial charge in [-0.25, -0.2) is 4.79 Å². The number of carbonyl (C=O) groups is 1. The number of carbonyl (C=O) groups excluding carboxylic acids is 1. The Bertz CT molecular complexity index is 156. The summed E-state index contributed by atoms with van der Waals surface area (Å²) in [4.78, 5) is 10.6. The van der Waals surface area contributed by atoms with Crippen LogP contribution in [0, 0.1) is 0 Å². The van der Waals surface area contributed by atoms with Gasteiger partial charge in [0.15, 0.2) is 6.23 Å². The van der Waals surface area contributed by atoms with Crippen molar-refractivity contribution in [2.24, 2.45) is 0 Å². The van der Waals surface area contributed by atoms with Crippen LogP contribution in [-0.4, -0.2) is 25.9 Å². The van der Waals surface area contributed by atoms with Gasteiger partial charge in [-0.2, -0.15) is 0 Å². The number of rotatable bonds is 1. The van der Waals surface area contributed by atoms with E-state index in [2.05, 4.69) is 10.6 Å². The summed E-state index contributed by atoms with van der Waals surface area (Å²) in [6, 6.07) is -0.225. The third-order valence-electron chi connectivity index (χ3n) is 1.18. The highest BCUT2D eigenvalue weighted by molar-refractivity contribution is 5.73. The van der Waals surface area contributed by atoms with Gasteiger partial charge in [0.05, 0.1) is 6.61 Å². The van der Waals surface area contributed by atoms with Gasteiger partial charge in [-0.1, -0.05) is 6.08 Å². The predicted octanol–water partition coefficient (Wildman–Crippen LogP) is -0.172. The molecule has 0 saturated carbocycles. The molecule has 1 aliphatic heterocycles. The molecule has 0 aromatic heterocycles. The molecule has 2 amide bonds. The Morgan fingerprint density at radius 1 is 1.80 bits per heavy atom. The van der Waals surface area contributed by atoms with Crippen LogP contribution in [0.15, 0.2) is 12.2 Å². The predicted molar refractivity (Wildman–Crippen MR) is 36.5 cm³/mol. The molecule has 2 N–H and O–H groups in total. The lowest BCUT2D eigenvalue weighted by molar-refractivity contribution is 0.108. The van der Waals surface area contributed by atoms with Crippen molar-refractivity contribution in [3.05, 3.63) is 12.2 Å². The van der Waals surface area contributed by atoms with Crippen molar-refractivity contribution in [2.45, 2.75) is 6.23 Å². The standard InChI is InChI=1S/C6H10N2O2/c1-7-6(9)8-5-3-2-4-10-5/h2-3,5H,4H2,1H3,(H2,7,8,9). The molecule has 4 nitrogen and oxygen atoms in total.